The Labute approximate surface area is 127 Å². The summed E-state index contributed by atoms with van der Waals surface area (Å²) < 4.78 is 25.4. The maximum absolute atomic E-state index is 12.1. The molecule has 1 aromatic rings. The third-order valence-electron chi connectivity index (χ3n) is 2.80. The second-order valence-corrected chi connectivity index (χ2v) is 7.68. The van der Waals surface area contributed by atoms with Crippen LogP contribution in [0.5, 0.6) is 0 Å². The van der Waals surface area contributed by atoms with Crippen LogP contribution in [0.25, 0.3) is 0 Å². The van der Waals surface area contributed by atoms with Crippen molar-refractivity contribution in [1.82, 2.24) is 9.62 Å². The van der Waals surface area contributed by atoms with Gasteiger partial charge in [-0.3, -0.25) is 9.59 Å². The van der Waals surface area contributed by atoms with Crippen molar-refractivity contribution < 1.29 is 23.1 Å². The van der Waals surface area contributed by atoms with E-state index in [1.807, 2.05) is 0 Å². The number of hydrogen-bond donors (Lipinski definition) is 2. The van der Waals surface area contributed by atoms with E-state index in [2.05, 4.69) is 5.32 Å². The highest BCUT2D eigenvalue weighted by atomic mass is 32.2. The number of rotatable bonds is 8. The molecule has 1 rings (SSSR count). The van der Waals surface area contributed by atoms with Gasteiger partial charge in [-0.25, -0.2) is 8.42 Å². The van der Waals surface area contributed by atoms with Gasteiger partial charge in [-0.1, -0.05) is 13.0 Å². The summed E-state index contributed by atoms with van der Waals surface area (Å²) in [6.45, 7) is 1.40. The fourth-order valence-electron chi connectivity index (χ4n) is 1.63. The first-order valence-corrected chi connectivity index (χ1v) is 8.60. The number of nitrogens with zero attached hydrogens (tertiary/aromatic N) is 1. The summed E-state index contributed by atoms with van der Waals surface area (Å²) in [4.78, 5) is 22.4. The van der Waals surface area contributed by atoms with Gasteiger partial charge < -0.3 is 10.4 Å². The average Bonchev–Trinajstić information content (AvgIpc) is 2.91. The third kappa shape index (κ3) is 5.10. The van der Waals surface area contributed by atoms with Gasteiger partial charge in [-0.2, -0.15) is 4.31 Å². The molecule has 1 heterocycles. The molecule has 0 fully saturated rings. The minimum Gasteiger partial charge on any atom is -0.481 e. The Morgan fingerprint density at radius 3 is 2.62 bits per heavy atom. The van der Waals surface area contributed by atoms with Crippen LogP contribution < -0.4 is 5.32 Å². The second kappa shape index (κ2) is 7.53. The van der Waals surface area contributed by atoms with E-state index in [1.165, 1.54) is 13.1 Å². The van der Waals surface area contributed by atoms with E-state index >= 15 is 0 Å². The molecule has 0 aliphatic rings. The zero-order chi connectivity index (χ0) is 16.0. The number of carbonyl (C=O) groups is 2. The van der Waals surface area contributed by atoms with Crippen molar-refractivity contribution in [2.75, 3.05) is 13.6 Å². The number of thiophene rings is 1. The smallest absolute Gasteiger partial charge is 0.305 e. The van der Waals surface area contributed by atoms with Gasteiger partial charge in [0, 0.05) is 13.1 Å². The van der Waals surface area contributed by atoms with Crippen molar-refractivity contribution in [3.8, 4) is 0 Å². The van der Waals surface area contributed by atoms with Crippen molar-refractivity contribution in [2.45, 2.75) is 30.0 Å². The van der Waals surface area contributed by atoms with Crippen LogP contribution in [0.1, 0.15) is 19.8 Å². The van der Waals surface area contributed by atoms with Crippen molar-refractivity contribution in [1.29, 1.82) is 0 Å². The summed E-state index contributed by atoms with van der Waals surface area (Å²) in [7, 11) is -2.37. The van der Waals surface area contributed by atoms with Gasteiger partial charge in [0.05, 0.1) is 13.0 Å². The predicted octanol–water partition coefficient (Wildman–Crippen LogP) is 0.738. The molecule has 0 saturated carbocycles. The van der Waals surface area contributed by atoms with Gasteiger partial charge in [0.25, 0.3) is 10.0 Å². The van der Waals surface area contributed by atoms with Crippen LogP contribution >= 0.6 is 11.3 Å². The van der Waals surface area contributed by atoms with Crippen LogP contribution in [0.4, 0.5) is 0 Å². The molecule has 1 amide bonds. The van der Waals surface area contributed by atoms with Crippen molar-refractivity contribution >= 4 is 33.2 Å². The Balaban J connectivity index is 2.64. The molecule has 0 radical (unpaired) electrons. The highest BCUT2D eigenvalue weighted by molar-refractivity contribution is 7.91. The average molecular weight is 334 g/mol. The number of likely N-dealkylation sites (N-methyl/N-ethyl adjacent to an activating group) is 1. The minimum absolute atomic E-state index is 0.162. The van der Waals surface area contributed by atoms with Crippen molar-refractivity contribution in [3.05, 3.63) is 17.5 Å². The maximum atomic E-state index is 12.1. The third-order valence-corrected chi connectivity index (χ3v) is 5.98. The van der Waals surface area contributed by atoms with E-state index in [0.29, 0.717) is 6.42 Å². The lowest BCUT2D eigenvalue weighted by Gasteiger charge is -2.19. The van der Waals surface area contributed by atoms with Crippen LogP contribution in [0.2, 0.25) is 0 Å². The Bertz CT molecular complexity index is 583. The van der Waals surface area contributed by atoms with E-state index in [-0.39, 0.29) is 17.2 Å². The molecule has 0 aromatic carbocycles. The second-order valence-electron chi connectivity index (χ2n) is 4.46. The van der Waals surface area contributed by atoms with Gasteiger partial charge in [0.2, 0.25) is 5.91 Å². The molecule has 0 aliphatic carbocycles. The normalized spacial score (nSPS) is 13.1. The van der Waals surface area contributed by atoms with Gasteiger partial charge in [-0.15, -0.1) is 11.3 Å². The summed E-state index contributed by atoms with van der Waals surface area (Å²) in [5, 5.41) is 12.9. The van der Waals surface area contributed by atoms with Crippen LogP contribution in [-0.2, 0) is 19.6 Å². The number of hydrogen-bond acceptors (Lipinski definition) is 5. The first-order valence-electron chi connectivity index (χ1n) is 6.28. The molecule has 2 N–H and O–H groups in total. The Morgan fingerprint density at radius 1 is 1.48 bits per heavy atom. The lowest BCUT2D eigenvalue weighted by Crippen LogP contribution is -2.43. The largest absolute Gasteiger partial charge is 0.481 e. The highest BCUT2D eigenvalue weighted by Gasteiger charge is 2.24. The number of sulfonamides is 1. The number of aliphatic carboxylic acids is 1. The van der Waals surface area contributed by atoms with Crippen LogP contribution in [-0.4, -0.2) is 49.3 Å². The highest BCUT2D eigenvalue weighted by Crippen LogP contribution is 2.19. The van der Waals surface area contributed by atoms with E-state index in [9.17, 15) is 18.0 Å². The summed E-state index contributed by atoms with van der Waals surface area (Å²) >= 11 is 1.07. The number of nitrogens with one attached hydrogen (secondary N) is 1. The SMILES string of the molecule is CCC(CC(=O)O)NC(=O)CN(C)S(=O)(=O)c1cccs1. The monoisotopic (exact) mass is 334 g/mol. The van der Waals surface area contributed by atoms with E-state index in [1.54, 1.807) is 18.4 Å². The molecule has 0 aliphatic heterocycles. The van der Waals surface area contributed by atoms with Crippen LogP contribution in [0.3, 0.4) is 0 Å². The first kappa shape index (κ1) is 17.6. The van der Waals surface area contributed by atoms with E-state index in [0.717, 1.165) is 15.6 Å². The van der Waals surface area contributed by atoms with Crippen molar-refractivity contribution in [2.24, 2.45) is 0 Å². The fraction of sp³-hybridized carbons (Fsp3) is 0.500. The molecule has 9 heteroatoms. The Morgan fingerprint density at radius 2 is 2.14 bits per heavy atom. The zero-order valence-corrected chi connectivity index (χ0v) is 13.4. The first-order chi connectivity index (χ1) is 9.77. The number of amides is 1. The van der Waals surface area contributed by atoms with Gasteiger partial charge in [0.15, 0.2) is 0 Å². The molecule has 0 bridgehead atoms. The maximum Gasteiger partial charge on any atom is 0.305 e. The fourth-order valence-corrected chi connectivity index (χ4v) is 3.96. The topological polar surface area (TPSA) is 104 Å². The van der Waals surface area contributed by atoms with Crippen molar-refractivity contribution in [3.63, 3.8) is 0 Å². The van der Waals surface area contributed by atoms with E-state index < -0.39 is 27.9 Å². The lowest BCUT2D eigenvalue weighted by atomic mass is 10.1. The van der Waals surface area contributed by atoms with Gasteiger partial charge in [-0.05, 0) is 17.9 Å². The minimum atomic E-state index is -3.68. The summed E-state index contributed by atoms with van der Waals surface area (Å²) in [5.41, 5.74) is 0. The number of carboxylic acids is 1. The molecule has 21 heavy (non-hydrogen) atoms. The molecular formula is C12H18N2O5S2. The summed E-state index contributed by atoms with van der Waals surface area (Å²) in [6.07, 6.45) is 0.267. The molecule has 1 atom stereocenters. The Hall–Kier alpha value is -1.45. The predicted molar refractivity (Wildman–Crippen MR) is 78.6 cm³/mol. The van der Waals surface area contributed by atoms with Crippen LogP contribution in [0, 0.1) is 0 Å². The summed E-state index contributed by atoms with van der Waals surface area (Å²) in [5.74, 6) is -1.53. The Kier molecular flexibility index (Phi) is 6.31. The molecule has 0 saturated heterocycles. The summed E-state index contributed by atoms with van der Waals surface area (Å²) in [6, 6.07) is 2.58. The van der Waals surface area contributed by atoms with E-state index in [4.69, 9.17) is 5.11 Å². The number of carboxylic acid groups (broad SMARTS) is 1. The molecular weight excluding hydrogens is 316 g/mol. The van der Waals surface area contributed by atoms with Crippen LogP contribution in [0.15, 0.2) is 21.7 Å². The number of carbonyl (C=O) groups excluding carboxylic acids is 1. The molecule has 1 unspecified atom stereocenters. The lowest BCUT2D eigenvalue weighted by molar-refractivity contribution is -0.137. The molecule has 1 aromatic heterocycles. The zero-order valence-electron chi connectivity index (χ0n) is 11.8. The molecule has 7 nitrogen and oxygen atoms in total. The van der Waals surface area contributed by atoms with Gasteiger partial charge in [0.1, 0.15) is 4.21 Å². The standard InChI is InChI=1S/C12H18N2O5S2/c1-3-9(7-11(16)17)13-10(15)8-14(2)21(18,19)12-5-4-6-20-12/h4-6,9H,3,7-8H2,1-2H3,(H,13,15)(H,16,17). The van der Waals surface area contributed by atoms with Gasteiger partial charge >= 0.3 is 5.97 Å². The quantitative estimate of drug-likeness (QED) is 0.730. The molecule has 0 spiro atoms. The molecule has 118 valence electrons.